The summed E-state index contributed by atoms with van der Waals surface area (Å²) < 4.78 is 9.97. The van der Waals surface area contributed by atoms with Crippen LogP contribution in [-0.4, -0.2) is 27.1 Å². The van der Waals surface area contributed by atoms with Gasteiger partial charge in [0.25, 0.3) is 0 Å². The van der Waals surface area contributed by atoms with Crippen molar-refractivity contribution in [2.45, 2.75) is 44.9 Å². The minimum Gasteiger partial charge on any atom is -0.359 e. The van der Waals surface area contributed by atoms with Crippen LogP contribution in [-0.2, 0) is 9.47 Å². The Morgan fingerprint density at radius 1 is 0.857 bits per heavy atom. The molecule has 0 bridgehead atoms. The molecule has 14 heavy (non-hydrogen) atoms. The number of hydrogen-bond donors (Lipinski definition) is 1. The zero-order valence-electron chi connectivity index (χ0n) is 9.46. The predicted molar refractivity (Wildman–Crippen MR) is 59.2 cm³/mol. The first kappa shape index (κ1) is 13.9. The van der Waals surface area contributed by atoms with E-state index < -0.39 is 0 Å². The van der Waals surface area contributed by atoms with E-state index in [-0.39, 0.29) is 0 Å². The monoisotopic (exact) mass is 203 g/mol. The van der Waals surface area contributed by atoms with E-state index in [1.165, 1.54) is 38.5 Å². The Hall–Kier alpha value is -0.120. The molecule has 86 valence electrons. The van der Waals surface area contributed by atoms with Crippen LogP contribution in [0.15, 0.2) is 0 Å². The Bertz CT molecular complexity index is 87.3. The quantitative estimate of drug-likeness (QED) is 0.414. The molecule has 0 saturated carbocycles. The van der Waals surface area contributed by atoms with Crippen molar-refractivity contribution in [3.05, 3.63) is 0 Å². The maximum atomic E-state index is 5.41. The van der Waals surface area contributed by atoms with Gasteiger partial charge in [-0.25, -0.2) is 0 Å². The molecule has 0 unspecified atom stereocenters. The zero-order chi connectivity index (χ0) is 10.5. The highest BCUT2D eigenvalue weighted by molar-refractivity contribution is 4.46. The summed E-state index contributed by atoms with van der Waals surface area (Å²) in [7, 11) is 1.65. The third-order valence-electron chi connectivity index (χ3n) is 2.19. The normalized spacial score (nSPS) is 10.7. The molecule has 0 amide bonds. The van der Waals surface area contributed by atoms with E-state index >= 15 is 0 Å². The molecule has 0 heterocycles. The summed E-state index contributed by atoms with van der Waals surface area (Å²) in [5.74, 6) is 0. The number of rotatable bonds is 11. The van der Waals surface area contributed by atoms with Crippen molar-refractivity contribution in [1.29, 1.82) is 0 Å². The van der Waals surface area contributed by atoms with E-state index in [9.17, 15) is 0 Å². The average Bonchev–Trinajstić information content (AvgIpc) is 2.21. The smallest absolute Gasteiger partial charge is 0.146 e. The van der Waals surface area contributed by atoms with E-state index in [1.807, 2.05) is 0 Å². The molecule has 0 aliphatic rings. The number of hydrogen-bond acceptors (Lipinski definition) is 3. The molecule has 0 fully saturated rings. The molecule has 0 aromatic carbocycles. The van der Waals surface area contributed by atoms with Crippen LogP contribution in [0.2, 0.25) is 0 Å². The van der Waals surface area contributed by atoms with Crippen LogP contribution in [0.5, 0.6) is 0 Å². The summed E-state index contributed by atoms with van der Waals surface area (Å²) in [5.41, 5.74) is 5.41. The first-order valence-electron chi connectivity index (χ1n) is 5.68. The number of ether oxygens (including phenoxy) is 2. The molecule has 3 heteroatoms. The number of methoxy groups -OCH3 is 1. The van der Waals surface area contributed by atoms with Gasteiger partial charge < -0.3 is 15.2 Å². The highest BCUT2D eigenvalue weighted by Crippen LogP contribution is 2.06. The second-order valence-electron chi connectivity index (χ2n) is 3.58. The maximum Gasteiger partial charge on any atom is 0.146 e. The van der Waals surface area contributed by atoms with E-state index in [0.717, 1.165) is 19.6 Å². The molecule has 0 radical (unpaired) electrons. The van der Waals surface area contributed by atoms with Crippen LogP contribution in [0.4, 0.5) is 0 Å². The van der Waals surface area contributed by atoms with Crippen LogP contribution in [0.3, 0.4) is 0 Å². The van der Waals surface area contributed by atoms with Crippen LogP contribution >= 0.6 is 0 Å². The SMILES string of the molecule is COCOCCCCCCCCCN. The van der Waals surface area contributed by atoms with E-state index in [2.05, 4.69) is 0 Å². The van der Waals surface area contributed by atoms with Gasteiger partial charge in [-0.05, 0) is 19.4 Å². The van der Waals surface area contributed by atoms with Gasteiger partial charge >= 0.3 is 0 Å². The summed E-state index contributed by atoms with van der Waals surface area (Å²) in [6.07, 6.45) is 8.88. The minimum atomic E-state index is 0.427. The molecule has 0 aliphatic carbocycles. The van der Waals surface area contributed by atoms with Crippen molar-refractivity contribution < 1.29 is 9.47 Å². The van der Waals surface area contributed by atoms with Crippen molar-refractivity contribution >= 4 is 0 Å². The molecule has 3 nitrogen and oxygen atoms in total. The Kier molecular flexibility index (Phi) is 12.8. The largest absolute Gasteiger partial charge is 0.359 e. The molecule has 0 spiro atoms. The van der Waals surface area contributed by atoms with Gasteiger partial charge in [-0.15, -0.1) is 0 Å². The van der Waals surface area contributed by atoms with E-state index in [1.54, 1.807) is 7.11 Å². The predicted octanol–water partition coefficient (Wildman–Crippen LogP) is 2.30. The average molecular weight is 203 g/mol. The maximum absolute atomic E-state index is 5.41. The van der Waals surface area contributed by atoms with Gasteiger partial charge in [0.2, 0.25) is 0 Å². The number of nitrogens with two attached hydrogens (primary N) is 1. The Morgan fingerprint density at radius 3 is 2.00 bits per heavy atom. The second kappa shape index (κ2) is 12.9. The first-order valence-corrected chi connectivity index (χ1v) is 5.68. The Labute approximate surface area is 88.0 Å². The van der Waals surface area contributed by atoms with Gasteiger partial charge in [-0.2, -0.15) is 0 Å². The molecular weight excluding hydrogens is 178 g/mol. The molecule has 0 aromatic rings. The lowest BCUT2D eigenvalue weighted by Crippen LogP contribution is -1.98. The van der Waals surface area contributed by atoms with E-state index in [0.29, 0.717) is 6.79 Å². The van der Waals surface area contributed by atoms with Crippen LogP contribution in [0.1, 0.15) is 44.9 Å². The van der Waals surface area contributed by atoms with Gasteiger partial charge in [0.05, 0.1) is 0 Å². The van der Waals surface area contributed by atoms with Crippen molar-refractivity contribution in [2.75, 3.05) is 27.1 Å². The summed E-state index contributed by atoms with van der Waals surface area (Å²) in [6.45, 7) is 2.10. The minimum absolute atomic E-state index is 0.427. The lowest BCUT2D eigenvalue weighted by atomic mass is 10.1. The highest BCUT2D eigenvalue weighted by Gasteiger charge is 1.91. The fraction of sp³-hybridized carbons (Fsp3) is 1.00. The summed E-state index contributed by atoms with van der Waals surface area (Å²) in [5, 5.41) is 0. The zero-order valence-corrected chi connectivity index (χ0v) is 9.46. The van der Waals surface area contributed by atoms with Gasteiger partial charge in [-0.3, -0.25) is 0 Å². The standard InChI is InChI=1S/C11H25NO2/c1-13-11-14-10-8-6-4-2-3-5-7-9-12/h2-12H2,1H3. The number of unbranched alkanes of at least 4 members (excludes halogenated alkanes) is 6. The summed E-state index contributed by atoms with van der Waals surface area (Å²) in [6, 6.07) is 0. The van der Waals surface area contributed by atoms with Gasteiger partial charge in [0, 0.05) is 13.7 Å². The van der Waals surface area contributed by atoms with Crippen LogP contribution in [0.25, 0.3) is 0 Å². The topological polar surface area (TPSA) is 44.5 Å². The molecule has 0 saturated heterocycles. The highest BCUT2D eigenvalue weighted by atomic mass is 16.7. The second-order valence-corrected chi connectivity index (χ2v) is 3.58. The Balaban J connectivity index is 2.78. The fourth-order valence-electron chi connectivity index (χ4n) is 1.37. The third kappa shape index (κ3) is 11.9. The molecule has 0 aliphatic heterocycles. The fourth-order valence-corrected chi connectivity index (χ4v) is 1.37. The molecule has 0 aromatic heterocycles. The third-order valence-corrected chi connectivity index (χ3v) is 2.19. The lowest BCUT2D eigenvalue weighted by Gasteiger charge is -2.02. The van der Waals surface area contributed by atoms with Gasteiger partial charge in [0.1, 0.15) is 6.79 Å². The van der Waals surface area contributed by atoms with Crippen molar-refractivity contribution in [3.8, 4) is 0 Å². The summed E-state index contributed by atoms with van der Waals surface area (Å²) in [4.78, 5) is 0. The molecular formula is C11H25NO2. The Morgan fingerprint density at radius 2 is 1.43 bits per heavy atom. The first-order chi connectivity index (χ1) is 6.91. The molecule has 0 atom stereocenters. The van der Waals surface area contributed by atoms with Crippen molar-refractivity contribution in [3.63, 3.8) is 0 Å². The van der Waals surface area contributed by atoms with Crippen molar-refractivity contribution in [2.24, 2.45) is 5.73 Å². The lowest BCUT2D eigenvalue weighted by molar-refractivity contribution is -0.0315. The van der Waals surface area contributed by atoms with Gasteiger partial charge in [-0.1, -0.05) is 32.1 Å². The van der Waals surface area contributed by atoms with Crippen LogP contribution in [0, 0.1) is 0 Å². The van der Waals surface area contributed by atoms with E-state index in [4.69, 9.17) is 15.2 Å². The summed E-state index contributed by atoms with van der Waals surface area (Å²) >= 11 is 0. The van der Waals surface area contributed by atoms with Crippen molar-refractivity contribution in [1.82, 2.24) is 0 Å². The molecule has 0 rings (SSSR count). The van der Waals surface area contributed by atoms with Gasteiger partial charge in [0.15, 0.2) is 0 Å². The van der Waals surface area contributed by atoms with Crippen LogP contribution < -0.4 is 5.73 Å². The molecule has 2 N–H and O–H groups in total.